The van der Waals surface area contributed by atoms with Crippen LogP contribution >= 0.6 is 0 Å². The third-order valence-electron chi connectivity index (χ3n) is 1.72. The molecule has 0 N–H and O–H groups in total. The van der Waals surface area contributed by atoms with Gasteiger partial charge in [-0.3, -0.25) is 0 Å². The Morgan fingerprint density at radius 2 is 1.91 bits per heavy atom. The van der Waals surface area contributed by atoms with Crippen LogP contribution in [0.1, 0.15) is 18.9 Å². The molecule has 0 amide bonds. The molecule has 1 aromatic carbocycles. The van der Waals surface area contributed by atoms with E-state index in [0.717, 1.165) is 0 Å². The van der Waals surface area contributed by atoms with Gasteiger partial charge in [0, 0.05) is 0 Å². The van der Waals surface area contributed by atoms with Gasteiger partial charge in [-0.2, -0.15) is 0 Å². The molecule has 1 aromatic rings. The van der Waals surface area contributed by atoms with Crippen molar-refractivity contribution in [1.29, 1.82) is 0 Å². The summed E-state index contributed by atoms with van der Waals surface area (Å²) in [6.07, 6.45) is 1.35. The Morgan fingerprint density at radius 1 is 1.18 bits per heavy atom. The molecule has 11 heavy (non-hydrogen) atoms. The van der Waals surface area contributed by atoms with Gasteiger partial charge < -0.3 is 0 Å². The zero-order chi connectivity index (χ0) is 7.94. The van der Waals surface area contributed by atoms with E-state index in [-0.39, 0.29) is 0 Å². The molecule has 1 radical (unpaired) electrons. The molecular formula is C10H14Al. The van der Waals surface area contributed by atoms with Crippen molar-refractivity contribution in [2.24, 2.45) is 0 Å². The molecule has 0 nitrogen and oxygen atoms in total. The molecule has 0 unspecified atom stereocenters. The topological polar surface area (TPSA) is 0 Å². The maximum Gasteiger partial charge on any atom is 0.207 e. The van der Waals surface area contributed by atoms with Gasteiger partial charge in [0.2, 0.25) is 15.2 Å². The van der Waals surface area contributed by atoms with Gasteiger partial charge in [-0.15, -0.1) is 5.28 Å². The van der Waals surface area contributed by atoms with Gasteiger partial charge >= 0.3 is 0 Å². The molecule has 1 heteroatoms. The van der Waals surface area contributed by atoms with E-state index in [2.05, 4.69) is 37.3 Å². The number of benzene rings is 1. The van der Waals surface area contributed by atoms with E-state index in [1.807, 2.05) is 0 Å². The van der Waals surface area contributed by atoms with Crippen LogP contribution in [-0.2, 0) is 5.28 Å². The fraction of sp³-hybridized carbons (Fsp3) is 0.400. The molecule has 0 bridgehead atoms. The Bertz CT molecular complexity index is 181. The maximum absolute atomic E-state index is 2.26. The van der Waals surface area contributed by atoms with Crippen LogP contribution < -0.4 is 0 Å². The Kier molecular flexibility index (Phi) is 4.35. The Morgan fingerprint density at radius 3 is 2.55 bits per heavy atom. The molecule has 57 valence electrons. The minimum Gasteiger partial charge on any atom is -0.104 e. The quantitative estimate of drug-likeness (QED) is 0.470. The second kappa shape index (κ2) is 5.41. The summed E-state index contributed by atoms with van der Waals surface area (Å²) >= 11 is 0.661. The lowest BCUT2D eigenvalue weighted by Gasteiger charge is -1.96. The summed E-state index contributed by atoms with van der Waals surface area (Å²) in [6.45, 7) is 2.26. The summed E-state index contributed by atoms with van der Waals surface area (Å²) < 4.78 is 0. The van der Waals surface area contributed by atoms with Crippen molar-refractivity contribution in [2.45, 2.75) is 23.9 Å². The lowest BCUT2D eigenvalue weighted by atomic mass is 10.2. The number of hydrogen-bond acceptors (Lipinski definition) is 0. The summed E-state index contributed by atoms with van der Waals surface area (Å²) in [6, 6.07) is 10.8. The lowest BCUT2D eigenvalue weighted by Crippen LogP contribution is -1.94. The van der Waals surface area contributed by atoms with Crippen molar-refractivity contribution >= 4 is 15.2 Å². The van der Waals surface area contributed by atoms with Crippen LogP contribution in [0.2, 0.25) is 5.28 Å². The van der Waals surface area contributed by atoms with Gasteiger partial charge in [0.25, 0.3) is 0 Å². The average molecular weight is 161 g/mol. The highest BCUT2D eigenvalue weighted by Gasteiger charge is 1.92. The van der Waals surface area contributed by atoms with Crippen LogP contribution in [0, 0.1) is 0 Å². The fourth-order valence-corrected chi connectivity index (χ4v) is 2.30. The van der Waals surface area contributed by atoms with Crippen molar-refractivity contribution in [3.63, 3.8) is 0 Å². The van der Waals surface area contributed by atoms with Gasteiger partial charge in [-0.05, 0) is 0 Å². The molecule has 0 saturated heterocycles. The minimum absolute atomic E-state index is 0.661. The molecule has 0 aliphatic rings. The standard InChI is InChI=1S/C7H7.C3H7.Al/c1-7-5-3-2-4-6-7;1-3-2;/h2-6H,1H2;1,3H2,2H3;. The highest BCUT2D eigenvalue weighted by molar-refractivity contribution is 6.34. The van der Waals surface area contributed by atoms with E-state index < -0.39 is 0 Å². The van der Waals surface area contributed by atoms with Gasteiger partial charge in [-0.25, -0.2) is 0 Å². The monoisotopic (exact) mass is 161 g/mol. The lowest BCUT2D eigenvalue weighted by molar-refractivity contribution is 1.06. The Hall–Kier alpha value is -0.248. The zero-order valence-electron chi connectivity index (χ0n) is 7.09. The smallest absolute Gasteiger partial charge is 0.104 e. The average Bonchev–Trinajstić information content (AvgIpc) is 2.07. The largest absolute Gasteiger partial charge is 0.207 e. The third kappa shape index (κ3) is 3.60. The predicted octanol–water partition coefficient (Wildman–Crippen LogP) is 2.72. The highest BCUT2D eigenvalue weighted by atomic mass is 27.1. The number of rotatable bonds is 4. The molecular weight excluding hydrogens is 147 g/mol. The van der Waals surface area contributed by atoms with E-state index in [1.54, 1.807) is 0 Å². The van der Waals surface area contributed by atoms with E-state index in [0.29, 0.717) is 15.2 Å². The first-order chi connectivity index (χ1) is 5.43. The van der Waals surface area contributed by atoms with Gasteiger partial charge in [0.05, 0.1) is 0 Å². The van der Waals surface area contributed by atoms with Crippen molar-refractivity contribution < 1.29 is 0 Å². The van der Waals surface area contributed by atoms with Crippen molar-refractivity contribution in [3.05, 3.63) is 35.9 Å². The van der Waals surface area contributed by atoms with Crippen molar-refractivity contribution in [3.8, 4) is 0 Å². The van der Waals surface area contributed by atoms with Crippen molar-refractivity contribution in [2.75, 3.05) is 0 Å². The first-order valence-electron chi connectivity index (χ1n) is 4.29. The maximum atomic E-state index is 2.26. The molecule has 0 atom stereocenters. The van der Waals surface area contributed by atoms with Crippen LogP contribution in [0.4, 0.5) is 0 Å². The molecule has 0 aliphatic heterocycles. The van der Waals surface area contributed by atoms with Crippen LogP contribution in [0.25, 0.3) is 0 Å². The van der Waals surface area contributed by atoms with E-state index in [9.17, 15) is 0 Å². The first kappa shape index (κ1) is 8.85. The third-order valence-corrected chi connectivity index (χ3v) is 3.46. The summed E-state index contributed by atoms with van der Waals surface area (Å²) in [4.78, 5) is 0. The van der Waals surface area contributed by atoms with Gasteiger partial charge in [0.15, 0.2) is 0 Å². The second-order valence-electron chi connectivity index (χ2n) is 2.77. The molecule has 0 fully saturated rings. The SMILES string of the molecule is CC[CH2][Al][CH2]c1ccccc1. The highest BCUT2D eigenvalue weighted by Crippen LogP contribution is 1.99. The van der Waals surface area contributed by atoms with Gasteiger partial charge in [0.1, 0.15) is 0 Å². The first-order valence-corrected chi connectivity index (χ1v) is 5.92. The fourth-order valence-electron chi connectivity index (χ4n) is 1.09. The summed E-state index contributed by atoms with van der Waals surface area (Å²) in [5.41, 5.74) is 1.51. The molecule has 0 heterocycles. The normalized spacial score (nSPS) is 9.55. The van der Waals surface area contributed by atoms with Crippen LogP contribution in [0.15, 0.2) is 30.3 Å². The van der Waals surface area contributed by atoms with Crippen molar-refractivity contribution in [1.82, 2.24) is 0 Å². The molecule has 1 rings (SSSR count). The zero-order valence-corrected chi connectivity index (χ0v) is 8.24. The minimum atomic E-state index is 0.661. The summed E-state index contributed by atoms with van der Waals surface area (Å²) in [5.74, 6) is 0. The van der Waals surface area contributed by atoms with Crippen LogP contribution in [-0.4, -0.2) is 15.2 Å². The molecule has 0 aromatic heterocycles. The second-order valence-corrected chi connectivity index (χ2v) is 4.33. The molecule has 0 spiro atoms. The molecule has 0 saturated carbocycles. The Labute approximate surface area is 75.3 Å². The number of hydrogen-bond donors (Lipinski definition) is 0. The van der Waals surface area contributed by atoms with E-state index in [1.165, 1.54) is 22.5 Å². The molecule has 0 aliphatic carbocycles. The summed E-state index contributed by atoms with van der Waals surface area (Å²) in [5, 5.41) is 2.77. The van der Waals surface area contributed by atoms with E-state index in [4.69, 9.17) is 0 Å². The summed E-state index contributed by atoms with van der Waals surface area (Å²) in [7, 11) is 0. The van der Waals surface area contributed by atoms with Gasteiger partial charge in [-0.1, -0.05) is 54.5 Å². The van der Waals surface area contributed by atoms with Crippen LogP contribution in [0.3, 0.4) is 0 Å². The van der Waals surface area contributed by atoms with Crippen LogP contribution in [0.5, 0.6) is 0 Å². The van der Waals surface area contributed by atoms with E-state index >= 15 is 0 Å². The predicted molar refractivity (Wildman–Crippen MR) is 51.0 cm³/mol. The Balaban J connectivity index is 2.28.